The van der Waals surface area contributed by atoms with Crippen molar-refractivity contribution in [2.24, 2.45) is 0 Å². The average Bonchev–Trinajstić information content (AvgIpc) is 2.76. The molecule has 3 rings (SSSR count). The molecule has 2 aromatic rings. The molecule has 0 atom stereocenters. The van der Waals surface area contributed by atoms with Crippen LogP contribution in [0, 0.1) is 0 Å². The number of hydrogen-bond acceptors (Lipinski definition) is 5. The molecule has 0 bridgehead atoms. The lowest BCUT2D eigenvalue weighted by molar-refractivity contribution is 0.134. The van der Waals surface area contributed by atoms with E-state index in [-0.39, 0.29) is 5.60 Å². The molecule has 1 aromatic carbocycles. The van der Waals surface area contributed by atoms with Crippen molar-refractivity contribution in [2.45, 2.75) is 32.4 Å². The highest BCUT2D eigenvalue weighted by molar-refractivity contribution is 5.50. The van der Waals surface area contributed by atoms with Crippen molar-refractivity contribution < 1.29 is 9.47 Å². The third-order valence-electron chi connectivity index (χ3n) is 3.32. The summed E-state index contributed by atoms with van der Waals surface area (Å²) < 4.78 is 11.7. The number of hydrogen-bond donors (Lipinski definition) is 1. The summed E-state index contributed by atoms with van der Waals surface area (Å²) >= 11 is 0. The number of ether oxygens (including phenoxy) is 2. The zero-order chi connectivity index (χ0) is 14.9. The van der Waals surface area contributed by atoms with Gasteiger partial charge in [0.15, 0.2) is 11.5 Å². The van der Waals surface area contributed by atoms with Crippen LogP contribution in [0.1, 0.15) is 25.0 Å². The van der Waals surface area contributed by atoms with Gasteiger partial charge in [-0.05, 0) is 27.0 Å². The van der Waals surface area contributed by atoms with Crippen LogP contribution in [-0.4, -0.2) is 22.6 Å². The molecule has 0 spiro atoms. The summed E-state index contributed by atoms with van der Waals surface area (Å²) in [6.45, 7) is 4.87. The molecule has 21 heavy (non-hydrogen) atoms. The van der Waals surface area contributed by atoms with Crippen molar-refractivity contribution >= 4 is 0 Å². The Morgan fingerprint density at radius 2 is 2.05 bits per heavy atom. The first kappa shape index (κ1) is 13.8. The fourth-order valence-corrected chi connectivity index (χ4v) is 2.46. The number of benzene rings is 1. The van der Waals surface area contributed by atoms with E-state index in [1.165, 1.54) is 0 Å². The second-order valence-electron chi connectivity index (χ2n) is 5.79. The maximum atomic E-state index is 5.97. The van der Waals surface area contributed by atoms with Crippen LogP contribution in [0.4, 0.5) is 0 Å². The number of nitrogens with zero attached hydrogens (tertiary/aromatic N) is 2. The third-order valence-corrected chi connectivity index (χ3v) is 3.32. The summed E-state index contributed by atoms with van der Waals surface area (Å²) in [6, 6.07) is 6.24. The quantitative estimate of drug-likeness (QED) is 0.936. The minimum atomic E-state index is -0.195. The average molecular weight is 285 g/mol. The number of rotatable bonds is 4. The Hall–Kier alpha value is -2.14. The topological polar surface area (TPSA) is 56.3 Å². The molecule has 1 N–H and O–H groups in total. The van der Waals surface area contributed by atoms with E-state index in [1.54, 1.807) is 12.4 Å². The van der Waals surface area contributed by atoms with Crippen LogP contribution in [0.15, 0.2) is 30.6 Å². The molecule has 0 saturated heterocycles. The van der Waals surface area contributed by atoms with Crippen molar-refractivity contribution in [2.75, 3.05) is 7.05 Å². The van der Waals surface area contributed by atoms with Gasteiger partial charge in [0, 0.05) is 36.5 Å². The van der Waals surface area contributed by atoms with E-state index in [2.05, 4.69) is 35.2 Å². The normalized spacial score (nSPS) is 15.4. The third kappa shape index (κ3) is 2.97. The number of para-hydroxylation sites is 1. The summed E-state index contributed by atoms with van der Waals surface area (Å²) in [4.78, 5) is 8.45. The molecule has 0 amide bonds. The highest BCUT2D eigenvalue weighted by atomic mass is 16.5. The molecule has 0 fully saturated rings. The number of nitrogens with one attached hydrogen (secondary N) is 1. The first-order chi connectivity index (χ1) is 10.1. The molecule has 0 radical (unpaired) electrons. The first-order valence-electron chi connectivity index (χ1n) is 7.02. The lowest BCUT2D eigenvalue weighted by Crippen LogP contribution is -2.24. The molecule has 110 valence electrons. The first-order valence-corrected chi connectivity index (χ1v) is 7.02. The molecular weight excluding hydrogens is 266 g/mol. The van der Waals surface area contributed by atoms with Gasteiger partial charge >= 0.3 is 6.01 Å². The maximum Gasteiger partial charge on any atom is 0.322 e. The summed E-state index contributed by atoms with van der Waals surface area (Å²) in [5.41, 5.74) is 1.98. The summed E-state index contributed by atoms with van der Waals surface area (Å²) in [7, 11) is 1.89. The minimum absolute atomic E-state index is 0.195. The van der Waals surface area contributed by atoms with E-state index in [0.29, 0.717) is 11.8 Å². The Labute approximate surface area is 124 Å². The molecule has 1 aromatic heterocycles. The smallest absolute Gasteiger partial charge is 0.322 e. The van der Waals surface area contributed by atoms with Gasteiger partial charge in [0.1, 0.15) is 5.60 Å². The predicted octanol–water partition coefficient (Wildman–Crippen LogP) is 2.70. The van der Waals surface area contributed by atoms with Crippen molar-refractivity contribution in [3.63, 3.8) is 0 Å². The lowest BCUT2D eigenvalue weighted by Gasteiger charge is -2.17. The zero-order valence-electron chi connectivity index (χ0n) is 12.5. The predicted molar refractivity (Wildman–Crippen MR) is 79.7 cm³/mol. The molecule has 0 saturated carbocycles. The van der Waals surface area contributed by atoms with Crippen LogP contribution in [0.5, 0.6) is 17.5 Å². The second-order valence-corrected chi connectivity index (χ2v) is 5.79. The van der Waals surface area contributed by atoms with Gasteiger partial charge in [-0.3, -0.25) is 0 Å². The van der Waals surface area contributed by atoms with Gasteiger partial charge < -0.3 is 14.8 Å². The molecule has 1 aliphatic rings. The molecule has 5 heteroatoms. The van der Waals surface area contributed by atoms with Gasteiger partial charge in [-0.2, -0.15) is 0 Å². The van der Waals surface area contributed by atoms with Crippen LogP contribution in [-0.2, 0) is 13.0 Å². The standard InChI is InChI=1S/C16H19N3O2/c1-16(2)7-12-5-4-6-13(14(12)21-16)20-15-18-9-11(8-17-3)10-19-15/h4-6,9-10,17H,7-8H2,1-3H3. The monoisotopic (exact) mass is 285 g/mol. The van der Waals surface area contributed by atoms with E-state index >= 15 is 0 Å². The maximum absolute atomic E-state index is 5.97. The van der Waals surface area contributed by atoms with Crippen LogP contribution >= 0.6 is 0 Å². The molecule has 0 aliphatic carbocycles. The van der Waals surface area contributed by atoms with E-state index in [4.69, 9.17) is 9.47 Å². The number of aromatic nitrogens is 2. The molecule has 1 aliphatic heterocycles. The van der Waals surface area contributed by atoms with Gasteiger partial charge in [0.05, 0.1) is 0 Å². The van der Waals surface area contributed by atoms with Crippen molar-refractivity contribution in [1.29, 1.82) is 0 Å². The Kier molecular flexibility index (Phi) is 3.51. The zero-order valence-corrected chi connectivity index (χ0v) is 12.5. The van der Waals surface area contributed by atoms with Crippen LogP contribution in [0.2, 0.25) is 0 Å². The summed E-state index contributed by atoms with van der Waals surface area (Å²) in [6.07, 6.45) is 4.39. The number of fused-ring (bicyclic) bond motifs is 1. The second kappa shape index (κ2) is 5.33. The van der Waals surface area contributed by atoms with Gasteiger partial charge in [0.25, 0.3) is 0 Å². The highest BCUT2D eigenvalue weighted by Crippen LogP contribution is 2.42. The SMILES string of the molecule is CNCc1cnc(Oc2cccc3c2OC(C)(C)C3)nc1. The fraction of sp³-hybridized carbons (Fsp3) is 0.375. The largest absolute Gasteiger partial charge is 0.483 e. The van der Waals surface area contributed by atoms with Crippen LogP contribution < -0.4 is 14.8 Å². The lowest BCUT2D eigenvalue weighted by atomic mass is 10.0. The van der Waals surface area contributed by atoms with E-state index in [1.807, 2.05) is 19.2 Å². The Balaban J connectivity index is 1.82. The van der Waals surface area contributed by atoms with Gasteiger partial charge in [-0.15, -0.1) is 0 Å². The van der Waals surface area contributed by atoms with Gasteiger partial charge in [-0.1, -0.05) is 12.1 Å². The molecule has 0 unspecified atom stereocenters. The van der Waals surface area contributed by atoms with Crippen molar-refractivity contribution in [1.82, 2.24) is 15.3 Å². The van der Waals surface area contributed by atoms with Crippen LogP contribution in [0.25, 0.3) is 0 Å². The van der Waals surface area contributed by atoms with Crippen molar-refractivity contribution in [3.8, 4) is 17.5 Å². The van der Waals surface area contributed by atoms with E-state index in [9.17, 15) is 0 Å². The van der Waals surface area contributed by atoms with Gasteiger partial charge in [0.2, 0.25) is 0 Å². The van der Waals surface area contributed by atoms with Gasteiger partial charge in [-0.25, -0.2) is 9.97 Å². The molecule has 5 nitrogen and oxygen atoms in total. The Morgan fingerprint density at radius 3 is 2.76 bits per heavy atom. The molecule has 2 heterocycles. The summed E-state index contributed by atoms with van der Waals surface area (Å²) in [5, 5.41) is 3.06. The van der Waals surface area contributed by atoms with Crippen LogP contribution in [0.3, 0.4) is 0 Å². The fourth-order valence-electron chi connectivity index (χ4n) is 2.46. The Morgan fingerprint density at radius 1 is 1.29 bits per heavy atom. The van der Waals surface area contributed by atoms with E-state index < -0.39 is 0 Å². The van der Waals surface area contributed by atoms with Crippen molar-refractivity contribution in [3.05, 3.63) is 41.7 Å². The highest BCUT2D eigenvalue weighted by Gasteiger charge is 2.32. The van der Waals surface area contributed by atoms with E-state index in [0.717, 1.165) is 29.8 Å². The minimum Gasteiger partial charge on any atom is -0.483 e. The molecular formula is C16H19N3O2. The Bertz CT molecular complexity index is 638. The summed E-state index contributed by atoms with van der Waals surface area (Å²) in [5.74, 6) is 1.46.